The number of anilines is 2. The molecule has 29 heavy (non-hydrogen) atoms. The normalized spacial score (nSPS) is 17.5. The number of nitrogens with one attached hydrogen (secondary N) is 2. The number of carbonyl (C=O) groups is 2. The van der Waals surface area contributed by atoms with E-state index in [1.54, 1.807) is 42.5 Å². The van der Waals surface area contributed by atoms with Gasteiger partial charge < -0.3 is 10.6 Å². The van der Waals surface area contributed by atoms with Gasteiger partial charge in [0.1, 0.15) is 0 Å². The predicted octanol–water partition coefficient (Wildman–Crippen LogP) is 2.86. The van der Waals surface area contributed by atoms with Crippen molar-refractivity contribution < 1.29 is 18.0 Å². The van der Waals surface area contributed by atoms with Gasteiger partial charge >= 0.3 is 0 Å². The standard InChI is InChI=1S/C21H25N3O4S/c1-15-18(22-20(25)16-8-4-3-5-9-16)11-6-12-19(15)23-21(26)17-10-7-13-24(14-17)29(2,27)28/h3-6,8-9,11-12,17H,7,10,13-14H2,1-2H3,(H,22,25)(H,23,26). The number of rotatable bonds is 5. The van der Waals surface area contributed by atoms with Crippen LogP contribution in [-0.2, 0) is 14.8 Å². The van der Waals surface area contributed by atoms with Crippen LogP contribution in [-0.4, -0.2) is 43.9 Å². The first-order valence-electron chi connectivity index (χ1n) is 9.47. The zero-order valence-corrected chi connectivity index (χ0v) is 17.3. The molecule has 2 aromatic carbocycles. The zero-order chi connectivity index (χ0) is 21.0. The topological polar surface area (TPSA) is 95.6 Å². The summed E-state index contributed by atoms with van der Waals surface area (Å²) in [6.45, 7) is 2.46. The first-order chi connectivity index (χ1) is 13.8. The Labute approximate surface area is 171 Å². The Morgan fingerprint density at radius 3 is 2.31 bits per heavy atom. The second-order valence-electron chi connectivity index (χ2n) is 7.25. The van der Waals surface area contributed by atoms with Crippen LogP contribution < -0.4 is 10.6 Å². The highest BCUT2D eigenvalue weighted by molar-refractivity contribution is 7.88. The molecule has 0 aliphatic carbocycles. The Morgan fingerprint density at radius 1 is 1.00 bits per heavy atom. The van der Waals surface area contributed by atoms with Crippen LogP contribution in [0.15, 0.2) is 48.5 Å². The molecule has 1 fully saturated rings. The van der Waals surface area contributed by atoms with Gasteiger partial charge in [0, 0.05) is 30.0 Å². The number of hydrogen-bond acceptors (Lipinski definition) is 4. The fourth-order valence-corrected chi connectivity index (χ4v) is 4.29. The number of sulfonamides is 1. The maximum atomic E-state index is 12.7. The second kappa shape index (κ2) is 8.75. The summed E-state index contributed by atoms with van der Waals surface area (Å²) in [4.78, 5) is 25.1. The van der Waals surface area contributed by atoms with E-state index in [2.05, 4.69) is 10.6 Å². The Morgan fingerprint density at radius 2 is 1.66 bits per heavy atom. The zero-order valence-electron chi connectivity index (χ0n) is 16.5. The van der Waals surface area contributed by atoms with Crippen molar-refractivity contribution in [2.75, 3.05) is 30.0 Å². The van der Waals surface area contributed by atoms with Crippen molar-refractivity contribution in [1.29, 1.82) is 0 Å². The minimum absolute atomic E-state index is 0.189. The van der Waals surface area contributed by atoms with Gasteiger partial charge in [0.2, 0.25) is 15.9 Å². The van der Waals surface area contributed by atoms with E-state index < -0.39 is 15.9 Å². The van der Waals surface area contributed by atoms with E-state index in [1.807, 2.05) is 13.0 Å². The molecule has 1 aliphatic rings. The van der Waals surface area contributed by atoms with Gasteiger partial charge in [-0.3, -0.25) is 9.59 Å². The van der Waals surface area contributed by atoms with Gasteiger partial charge in [-0.05, 0) is 49.6 Å². The SMILES string of the molecule is Cc1c(NC(=O)c2ccccc2)cccc1NC(=O)C1CCCN(S(C)(=O)=O)C1. The van der Waals surface area contributed by atoms with Crippen LogP contribution in [0.2, 0.25) is 0 Å². The molecule has 1 aliphatic heterocycles. The van der Waals surface area contributed by atoms with Gasteiger partial charge in [0.15, 0.2) is 0 Å². The lowest BCUT2D eigenvalue weighted by molar-refractivity contribution is -0.120. The van der Waals surface area contributed by atoms with Gasteiger partial charge in [-0.25, -0.2) is 12.7 Å². The number of hydrogen-bond donors (Lipinski definition) is 2. The number of carbonyl (C=O) groups excluding carboxylic acids is 2. The molecule has 0 radical (unpaired) electrons. The highest BCUT2D eigenvalue weighted by atomic mass is 32.2. The first kappa shape index (κ1) is 21.0. The van der Waals surface area contributed by atoms with E-state index in [0.717, 1.165) is 11.8 Å². The van der Waals surface area contributed by atoms with Crippen LogP contribution >= 0.6 is 0 Å². The van der Waals surface area contributed by atoms with Crippen molar-refractivity contribution in [3.05, 3.63) is 59.7 Å². The molecule has 7 nitrogen and oxygen atoms in total. The van der Waals surface area contributed by atoms with Crippen molar-refractivity contribution in [3.63, 3.8) is 0 Å². The van der Waals surface area contributed by atoms with Gasteiger partial charge in [0.05, 0.1) is 12.2 Å². The van der Waals surface area contributed by atoms with Crippen LogP contribution in [0.5, 0.6) is 0 Å². The van der Waals surface area contributed by atoms with Crippen LogP contribution in [0, 0.1) is 12.8 Å². The van der Waals surface area contributed by atoms with E-state index in [4.69, 9.17) is 0 Å². The summed E-state index contributed by atoms with van der Waals surface area (Å²) in [5.41, 5.74) is 2.49. The Kier molecular flexibility index (Phi) is 6.34. The Bertz CT molecular complexity index is 1010. The van der Waals surface area contributed by atoms with Crippen LogP contribution in [0.25, 0.3) is 0 Å². The maximum absolute atomic E-state index is 12.7. The smallest absolute Gasteiger partial charge is 0.255 e. The molecule has 1 heterocycles. The number of amides is 2. The lowest BCUT2D eigenvalue weighted by atomic mass is 9.98. The fraction of sp³-hybridized carbons (Fsp3) is 0.333. The highest BCUT2D eigenvalue weighted by Crippen LogP contribution is 2.26. The molecule has 0 spiro atoms. The van der Waals surface area contributed by atoms with E-state index in [1.165, 1.54) is 4.31 Å². The van der Waals surface area contributed by atoms with E-state index in [9.17, 15) is 18.0 Å². The molecule has 2 aromatic rings. The van der Waals surface area contributed by atoms with Crippen molar-refractivity contribution in [3.8, 4) is 0 Å². The molecule has 154 valence electrons. The van der Waals surface area contributed by atoms with Gasteiger partial charge in [0.25, 0.3) is 5.91 Å². The average molecular weight is 416 g/mol. The van der Waals surface area contributed by atoms with Crippen LogP contribution in [0.3, 0.4) is 0 Å². The average Bonchev–Trinajstić information content (AvgIpc) is 2.71. The van der Waals surface area contributed by atoms with Crippen LogP contribution in [0.4, 0.5) is 11.4 Å². The molecule has 8 heteroatoms. The minimum atomic E-state index is -3.31. The summed E-state index contributed by atoms with van der Waals surface area (Å²) in [5.74, 6) is -0.846. The van der Waals surface area contributed by atoms with Crippen molar-refractivity contribution in [1.82, 2.24) is 4.31 Å². The third kappa shape index (κ3) is 5.21. The molecule has 3 rings (SSSR count). The van der Waals surface area contributed by atoms with E-state index in [0.29, 0.717) is 36.3 Å². The number of nitrogens with zero attached hydrogens (tertiary/aromatic N) is 1. The maximum Gasteiger partial charge on any atom is 0.255 e. The summed E-state index contributed by atoms with van der Waals surface area (Å²) in [5, 5.41) is 5.76. The molecular formula is C21H25N3O4S. The molecule has 1 unspecified atom stereocenters. The first-order valence-corrected chi connectivity index (χ1v) is 11.3. The summed E-state index contributed by atoms with van der Waals surface area (Å²) in [7, 11) is -3.31. The van der Waals surface area contributed by atoms with E-state index in [-0.39, 0.29) is 18.4 Å². The molecule has 1 atom stereocenters. The van der Waals surface area contributed by atoms with Crippen LogP contribution in [0.1, 0.15) is 28.8 Å². The molecular weight excluding hydrogens is 390 g/mol. The van der Waals surface area contributed by atoms with Gasteiger partial charge in [-0.2, -0.15) is 0 Å². The number of benzene rings is 2. The molecule has 0 saturated carbocycles. The highest BCUT2D eigenvalue weighted by Gasteiger charge is 2.30. The predicted molar refractivity (Wildman–Crippen MR) is 113 cm³/mol. The summed E-state index contributed by atoms with van der Waals surface area (Å²) in [6, 6.07) is 14.2. The third-order valence-electron chi connectivity index (χ3n) is 5.10. The largest absolute Gasteiger partial charge is 0.325 e. The minimum Gasteiger partial charge on any atom is -0.325 e. The second-order valence-corrected chi connectivity index (χ2v) is 9.23. The van der Waals surface area contributed by atoms with Gasteiger partial charge in [-0.15, -0.1) is 0 Å². The Balaban J connectivity index is 1.71. The molecule has 0 bridgehead atoms. The third-order valence-corrected chi connectivity index (χ3v) is 6.37. The lowest BCUT2D eigenvalue weighted by Crippen LogP contribution is -2.43. The Hall–Kier alpha value is -2.71. The van der Waals surface area contributed by atoms with E-state index >= 15 is 0 Å². The quantitative estimate of drug-likeness (QED) is 0.785. The lowest BCUT2D eigenvalue weighted by Gasteiger charge is -2.30. The molecule has 1 saturated heterocycles. The molecule has 2 amide bonds. The molecule has 0 aromatic heterocycles. The summed E-state index contributed by atoms with van der Waals surface area (Å²) >= 11 is 0. The monoisotopic (exact) mass is 415 g/mol. The van der Waals surface area contributed by atoms with Crippen molar-refractivity contribution in [2.45, 2.75) is 19.8 Å². The summed E-state index contributed by atoms with van der Waals surface area (Å²) < 4.78 is 24.9. The van der Waals surface area contributed by atoms with Crippen molar-refractivity contribution >= 4 is 33.2 Å². The van der Waals surface area contributed by atoms with Gasteiger partial charge in [-0.1, -0.05) is 24.3 Å². The number of piperidine rings is 1. The van der Waals surface area contributed by atoms with Crippen molar-refractivity contribution in [2.24, 2.45) is 5.92 Å². The fourth-order valence-electron chi connectivity index (χ4n) is 3.38. The summed E-state index contributed by atoms with van der Waals surface area (Å²) in [6.07, 6.45) is 2.45. The molecule has 2 N–H and O–H groups in total.